The molecule has 0 amide bonds. The Morgan fingerprint density at radius 2 is 1.89 bits per heavy atom. The van der Waals surface area contributed by atoms with Gasteiger partial charge < -0.3 is 9.42 Å². The molecule has 4 aromatic rings. The molecular formula is C24H20F3N5O4S. The fourth-order valence-corrected chi connectivity index (χ4v) is 5.74. The summed E-state index contributed by atoms with van der Waals surface area (Å²) in [5.74, 6) is 0.976. The molecule has 1 saturated heterocycles. The van der Waals surface area contributed by atoms with Gasteiger partial charge in [0.25, 0.3) is 11.2 Å². The summed E-state index contributed by atoms with van der Waals surface area (Å²) in [5, 5.41) is 15.6. The standard InChI is InChI=1S/C24H20F3N5O4S/c1-12-4-3-5-15(10-12)20-28-22(36-30-20)14-6-8-31(9-7-14)23-29-21(33)16-11-17(24(25,26)27)13(2)18(32(34)35)19(16)37-23/h3-5,10-11,14H,6-9H2,1-2H3. The van der Waals surface area contributed by atoms with Crippen molar-refractivity contribution < 1.29 is 22.6 Å². The Kier molecular flexibility index (Phi) is 6.18. The smallest absolute Gasteiger partial charge is 0.348 e. The fourth-order valence-electron chi connectivity index (χ4n) is 4.54. The lowest BCUT2D eigenvalue weighted by Crippen LogP contribution is -2.34. The number of halogens is 3. The predicted octanol–water partition coefficient (Wildman–Crippen LogP) is 5.63. The van der Waals surface area contributed by atoms with Crippen molar-refractivity contribution in [1.29, 1.82) is 0 Å². The van der Waals surface area contributed by atoms with E-state index in [1.807, 2.05) is 31.2 Å². The van der Waals surface area contributed by atoms with Crippen LogP contribution in [-0.2, 0) is 6.18 Å². The van der Waals surface area contributed by atoms with Gasteiger partial charge in [0, 0.05) is 30.1 Å². The minimum absolute atomic E-state index is 0.0228. The molecule has 0 aliphatic carbocycles. The number of fused-ring (bicyclic) bond motifs is 1. The lowest BCUT2D eigenvalue weighted by Gasteiger charge is -2.30. The molecule has 0 bridgehead atoms. The molecule has 3 heterocycles. The Hall–Kier alpha value is -3.87. The molecule has 9 nitrogen and oxygen atoms in total. The topological polar surface area (TPSA) is 115 Å². The second-order valence-corrected chi connectivity index (χ2v) is 9.90. The van der Waals surface area contributed by atoms with E-state index in [0.29, 0.717) is 43.7 Å². The first-order valence-corrected chi connectivity index (χ1v) is 12.2. The summed E-state index contributed by atoms with van der Waals surface area (Å²) in [5.41, 5.74) is -1.47. The maximum Gasteiger partial charge on any atom is 0.416 e. The van der Waals surface area contributed by atoms with Crippen molar-refractivity contribution in [3.05, 3.63) is 73.4 Å². The summed E-state index contributed by atoms with van der Waals surface area (Å²) in [6.07, 6.45) is -3.64. The van der Waals surface area contributed by atoms with Gasteiger partial charge in [0.05, 0.1) is 15.9 Å². The average molecular weight is 532 g/mol. The second kappa shape index (κ2) is 9.21. The SMILES string of the molecule is Cc1cccc(-c2noc(C3CCN(c4nc(=O)c5cc(C(F)(F)F)c(C)c([N+](=O)[O-])c5s4)CC3)n2)c1. The van der Waals surface area contributed by atoms with Crippen molar-refractivity contribution in [2.75, 3.05) is 18.0 Å². The van der Waals surface area contributed by atoms with Gasteiger partial charge in [0.15, 0.2) is 5.13 Å². The molecule has 5 rings (SSSR count). The predicted molar refractivity (Wildman–Crippen MR) is 131 cm³/mol. The van der Waals surface area contributed by atoms with Crippen LogP contribution in [0.2, 0.25) is 0 Å². The number of nitrogens with zero attached hydrogens (tertiary/aromatic N) is 5. The van der Waals surface area contributed by atoms with Gasteiger partial charge in [-0.05, 0) is 38.8 Å². The Morgan fingerprint density at radius 3 is 2.54 bits per heavy atom. The van der Waals surface area contributed by atoms with Crippen molar-refractivity contribution in [3.63, 3.8) is 0 Å². The average Bonchev–Trinajstić information content (AvgIpc) is 3.33. The first-order chi connectivity index (χ1) is 17.5. The van der Waals surface area contributed by atoms with Gasteiger partial charge >= 0.3 is 6.18 Å². The Bertz CT molecular complexity index is 1580. The van der Waals surface area contributed by atoms with Crippen molar-refractivity contribution >= 4 is 32.2 Å². The van der Waals surface area contributed by atoms with E-state index in [9.17, 15) is 28.1 Å². The van der Waals surface area contributed by atoms with Gasteiger partial charge in [-0.25, -0.2) is 0 Å². The summed E-state index contributed by atoms with van der Waals surface area (Å²) in [7, 11) is 0. The highest BCUT2D eigenvalue weighted by molar-refractivity contribution is 7.22. The van der Waals surface area contributed by atoms with Gasteiger partial charge in [-0.2, -0.15) is 23.1 Å². The number of nitro groups is 1. The maximum atomic E-state index is 13.4. The Labute approximate surface area is 211 Å². The summed E-state index contributed by atoms with van der Waals surface area (Å²) in [6.45, 7) is 3.92. The monoisotopic (exact) mass is 531 g/mol. The number of benzene rings is 2. The molecule has 192 valence electrons. The van der Waals surface area contributed by atoms with Crippen LogP contribution < -0.4 is 10.5 Å². The van der Waals surface area contributed by atoms with Crippen LogP contribution in [0.5, 0.6) is 0 Å². The Balaban J connectivity index is 1.41. The van der Waals surface area contributed by atoms with Gasteiger partial charge in [0.2, 0.25) is 11.7 Å². The highest BCUT2D eigenvalue weighted by atomic mass is 32.1. The van der Waals surface area contributed by atoms with E-state index in [1.165, 1.54) is 0 Å². The summed E-state index contributed by atoms with van der Waals surface area (Å²) in [4.78, 5) is 33.9. The van der Waals surface area contributed by atoms with Crippen LogP contribution >= 0.6 is 11.3 Å². The molecule has 37 heavy (non-hydrogen) atoms. The molecule has 0 saturated carbocycles. The normalized spacial score (nSPS) is 14.9. The van der Waals surface area contributed by atoms with Crippen LogP contribution in [0, 0.1) is 24.0 Å². The molecule has 0 N–H and O–H groups in total. The van der Waals surface area contributed by atoms with E-state index >= 15 is 0 Å². The van der Waals surface area contributed by atoms with Crippen LogP contribution in [0.3, 0.4) is 0 Å². The van der Waals surface area contributed by atoms with Crippen LogP contribution in [0.1, 0.15) is 41.3 Å². The molecule has 0 atom stereocenters. The molecule has 1 aliphatic rings. The Morgan fingerprint density at radius 1 is 1.16 bits per heavy atom. The fraction of sp³-hybridized carbons (Fsp3) is 0.333. The van der Waals surface area contributed by atoms with Crippen molar-refractivity contribution in [2.45, 2.75) is 38.8 Å². The van der Waals surface area contributed by atoms with Gasteiger partial charge in [-0.3, -0.25) is 14.9 Å². The molecular weight excluding hydrogens is 511 g/mol. The second-order valence-electron chi connectivity index (χ2n) is 8.92. The van der Waals surface area contributed by atoms with Crippen LogP contribution in [0.4, 0.5) is 24.0 Å². The molecule has 0 radical (unpaired) electrons. The van der Waals surface area contributed by atoms with Gasteiger partial charge in [-0.15, -0.1) is 0 Å². The third-order valence-electron chi connectivity index (χ3n) is 6.45. The summed E-state index contributed by atoms with van der Waals surface area (Å²) >= 11 is 0.850. The number of anilines is 1. The third-order valence-corrected chi connectivity index (χ3v) is 7.60. The van der Waals surface area contributed by atoms with E-state index in [-0.39, 0.29) is 15.7 Å². The van der Waals surface area contributed by atoms with E-state index < -0.39 is 38.9 Å². The molecule has 2 aromatic carbocycles. The number of aromatic nitrogens is 3. The van der Waals surface area contributed by atoms with E-state index in [2.05, 4.69) is 15.1 Å². The summed E-state index contributed by atoms with van der Waals surface area (Å²) < 4.78 is 45.7. The molecule has 2 aromatic heterocycles. The van der Waals surface area contributed by atoms with Crippen molar-refractivity contribution in [1.82, 2.24) is 15.1 Å². The van der Waals surface area contributed by atoms with E-state index in [1.54, 1.807) is 4.90 Å². The highest BCUT2D eigenvalue weighted by Crippen LogP contribution is 2.42. The molecule has 0 spiro atoms. The number of hydrogen-bond donors (Lipinski definition) is 0. The molecule has 1 aliphatic heterocycles. The van der Waals surface area contributed by atoms with Crippen molar-refractivity contribution in [2.24, 2.45) is 0 Å². The highest BCUT2D eigenvalue weighted by Gasteiger charge is 2.38. The first kappa shape index (κ1) is 24.8. The maximum absolute atomic E-state index is 13.4. The molecule has 13 heteroatoms. The summed E-state index contributed by atoms with van der Waals surface area (Å²) in [6, 6.07) is 8.40. The van der Waals surface area contributed by atoms with Crippen molar-refractivity contribution in [3.8, 4) is 11.4 Å². The largest absolute Gasteiger partial charge is 0.416 e. The van der Waals surface area contributed by atoms with E-state index in [0.717, 1.165) is 29.4 Å². The number of aryl methyl sites for hydroxylation is 1. The lowest BCUT2D eigenvalue weighted by molar-refractivity contribution is -0.383. The van der Waals surface area contributed by atoms with Crippen LogP contribution in [-0.4, -0.2) is 33.1 Å². The third kappa shape index (κ3) is 4.66. The zero-order valence-electron chi connectivity index (χ0n) is 19.7. The lowest BCUT2D eigenvalue weighted by atomic mass is 9.97. The van der Waals surface area contributed by atoms with E-state index in [4.69, 9.17) is 4.52 Å². The molecule has 0 unspecified atom stereocenters. The number of hydrogen-bond acceptors (Lipinski definition) is 9. The quantitative estimate of drug-likeness (QED) is 0.246. The molecule has 1 fully saturated rings. The number of rotatable bonds is 4. The number of piperidine rings is 1. The van der Waals surface area contributed by atoms with Gasteiger partial charge in [0.1, 0.15) is 4.70 Å². The van der Waals surface area contributed by atoms with Crippen LogP contribution in [0.25, 0.3) is 21.5 Å². The number of alkyl halides is 3. The first-order valence-electron chi connectivity index (χ1n) is 11.4. The zero-order valence-corrected chi connectivity index (χ0v) is 20.5. The minimum atomic E-state index is -4.84. The minimum Gasteiger partial charge on any atom is -0.348 e. The zero-order chi connectivity index (χ0) is 26.5. The van der Waals surface area contributed by atoms with Crippen LogP contribution in [0.15, 0.2) is 39.6 Å². The van der Waals surface area contributed by atoms with Gasteiger partial charge in [-0.1, -0.05) is 40.3 Å². The number of nitro benzene ring substituents is 1.